The molecule has 0 aromatic carbocycles. The molecule has 1 rings (SSSR count). The number of nitrogens with zero attached hydrogens (tertiary/aromatic N) is 1. The van der Waals surface area contributed by atoms with Gasteiger partial charge in [0.1, 0.15) is 6.61 Å². The Hall–Kier alpha value is -1.05. The van der Waals surface area contributed by atoms with Crippen LogP contribution in [0.4, 0.5) is 0 Å². The monoisotopic (exact) mass is 239 g/mol. The average molecular weight is 239 g/mol. The smallest absolute Gasteiger partial charge is 0.225 e. The summed E-state index contributed by atoms with van der Waals surface area (Å²) in [5.41, 5.74) is 0. The van der Waals surface area contributed by atoms with Gasteiger partial charge in [-0.3, -0.25) is 4.79 Å². The summed E-state index contributed by atoms with van der Waals surface area (Å²) < 4.78 is 5.10. The molecule has 4 nitrogen and oxygen atoms in total. The van der Waals surface area contributed by atoms with Gasteiger partial charge in [0.25, 0.3) is 0 Å². The SMILES string of the molecule is C#CCOCCC(=O)N1CC(CO)CCC1C. The molecular formula is C13H21NO3. The molecule has 1 saturated heterocycles. The van der Waals surface area contributed by atoms with Crippen LogP contribution in [0.2, 0.25) is 0 Å². The molecule has 0 aromatic heterocycles. The predicted molar refractivity (Wildman–Crippen MR) is 65.3 cm³/mol. The van der Waals surface area contributed by atoms with Crippen LogP contribution < -0.4 is 0 Å². The largest absolute Gasteiger partial charge is 0.396 e. The van der Waals surface area contributed by atoms with Crippen LogP contribution in [0.1, 0.15) is 26.2 Å². The Morgan fingerprint density at radius 3 is 3.00 bits per heavy atom. The molecular weight excluding hydrogens is 218 g/mol. The van der Waals surface area contributed by atoms with Gasteiger partial charge in [-0.25, -0.2) is 0 Å². The van der Waals surface area contributed by atoms with Crippen molar-refractivity contribution in [2.75, 3.05) is 26.4 Å². The molecule has 0 bridgehead atoms. The van der Waals surface area contributed by atoms with E-state index in [9.17, 15) is 4.79 Å². The normalized spacial score (nSPS) is 24.4. The van der Waals surface area contributed by atoms with Crippen molar-refractivity contribution in [3.8, 4) is 12.3 Å². The van der Waals surface area contributed by atoms with E-state index in [0.717, 1.165) is 12.8 Å². The maximum atomic E-state index is 11.9. The van der Waals surface area contributed by atoms with Crippen LogP contribution in [-0.4, -0.2) is 48.3 Å². The fourth-order valence-corrected chi connectivity index (χ4v) is 2.11. The van der Waals surface area contributed by atoms with Crippen molar-refractivity contribution in [1.82, 2.24) is 4.90 Å². The van der Waals surface area contributed by atoms with Crippen LogP contribution in [0, 0.1) is 18.3 Å². The number of hydrogen-bond donors (Lipinski definition) is 1. The first-order valence-corrected chi connectivity index (χ1v) is 6.10. The number of aliphatic hydroxyl groups excluding tert-OH is 1. The lowest BCUT2D eigenvalue weighted by atomic mass is 9.94. The molecule has 0 aliphatic carbocycles. The third-order valence-electron chi connectivity index (χ3n) is 3.20. The molecule has 0 spiro atoms. The van der Waals surface area contributed by atoms with Gasteiger partial charge in [-0.2, -0.15) is 0 Å². The number of aliphatic hydroxyl groups is 1. The fraction of sp³-hybridized carbons (Fsp3) is 0.769. The molecule has 0 radical (unpaired) electrons. The number of rotatable bonds is 5. The lowest BCUT2D eigenvalue weighted by Crippen LogP contribution is -2.46. The molecule has 0 aromatic rings. The highest BCUT2D eigenvalue weighted by molar-refractivity contribution is 5.76. The lowest BCUT2D eigenvalue weighted by Gasteiger charge is -2.37. The summed E-state index contributed by atoms with van der Waals surface area (Å²) in [6, 6.07) is 0.262. The summed E-state index contributed by atoms with van der Waals surface area (Å²) in [6.07, 6.45) is 7.37. The molecule has 96 valence electrons. The second-order valence-corrected chi connectivity index (χ2v) is 4.53. The average Bonchev–Trinajstić information content (AvgIpc) is 2.35. The second kappa shape index (κ2) is 7.31. The van der Waals surface area contributed by atoms with Crippen LogP contribution in [0.25, 0.3) is 0 Å². The molecule has 1 fully saturated rings. The molecule has 1 aliphatic heterocycles. The molecule has 2 unspecified atom stereocenters. The van der Waals surface area contributed by atoms with Gasteiger partial charge >= 0.3 is 0 Å². The standard InChI is InChI=1S/C13H21NO3/c1-3-7-17-8-6-13(16)14-9-12(10-15)5-4-11(14)2/h1,11-12,15H,4-10H2,2H3. The minimum absolute atomic E-state index is 0.0904. The minimum atomic E-state index is 0.0904. The third-order valence-corrected chi connectivity index (χ3v) is 3.20. The van der Waals surface area contributed by atoms with Gasteiger partial charge in [-0.15, -0.1) is 6.42 Å². The summed E-state index contributed by atoms with van der Waals surface area (Å²) in [6.45, 7) is 3.49. The predicted octanol–water partition coefficient (Wildman–Crippen LogP) is 0.646. The number of carbonyl (C=O) groups is 1. The van der Waals surface area contributed by atoms with E-state index in [1.165, 1.54) is 0 Å². The number of terminal acetylenes is 1. The van der Waals surface area contributed by atoms with Crippen molar-refractivity contribution >= 4 is 5.91 Å². The van der Waals surface area contributed by atoms with Gasteiger partial charge in [-0.05, 0) is 25.7 Å². The molecule has 1 amide bonds. The van der Waals surface area contributed by atoms with E-state index in [2.05, 4.69) is 5.92 Å². The highest BCUT2D eigenvalue weighted by atomic mass is 16.5. The minimum Gasteiger partial charge on any atom is -0.396 e. The van der Waals surface area contributed by atoms with E-state index in [-0.39, 0.29) is 31.1 Å². The zero-order valence-electron chi connectivity index (χ0n) is 10.4. The first-order chi connectivity index (χ1) is 8.19. The van der Waals surface area contributed by atoms with Gasteiger partial charge in [0.05, 0.1) is 13.0 Å². The molecule has 1 N–H and O–H groups in total. The van der Waals surface area contributed by atoms with E-state index in [1.807, 2.05) is 11.8 Å². The third kappa shape index (κ3) is 4.37. The quantitative estimate of drug-likeness (QED) is 0.566. The van der Waals surface area contributed by atoms with Gasteiger partial charge in [0.15, 0.2) is 0 Å². The fourth-order valence-electron chi connectivity index (χ4n) is 2.11. The molecule has 17 heavy (non-hydrogen) atoms. The zero-order chi connectivity index (χ0) is 12.7. The van der Waals surface area contributed by atoms with E-state index in [1.54, 1.807) is 0 Å². The molecule has 4 heteroatoms. The molecule has 1 aliphatic rings. The maximum absolute atomic E-state index is 11.9. The molecule has 1 heterocycles. The molecule has 2 atom stereocenters. The summed E-state index contributed by atoms with van der Waals surface area (Å²) in [7, 11) is 0. The molecule has 0 saturated carbocycles. The number of ether oxygens (including phenoxy) is 1. The van der Waals surface area contributed by atoms with E-state index in [4.69, 9.17) is 16.3 Å². The number of likely N-dealkylation sites (tertiary alicyclic amines) is 1. The van der Waals surface area contributed by atoms with Gasteiger partial charge in [0.2, 0.25) is 5.91 Å². The topological polar surface area (TPSA) is 49.8 Å². The van der Waals surface area contributed by atoms with Crippen molar-refractivity contribution in [2.24, 2.45) is 5.92 Å². The van der Waals surface area contributed by atoms with Crippen molar-refractivity contribution in [1.29, 1.82) is 0 Å². The lowest BCUT2D eigenvalue weighted by molar-refractivity contribution is -0.137. The van der Waals surface area contributed by atoms with Crippen LogP contribution in [-0.2, 0) is 9.53 Å². The van der Waals surface area contributed by atoms with Crippen LogP contribution >= 0.6 is 0 Å². The van der Waals surface area contributed by atoms with Crippen molar-refractivity contribution in [2.45, 2.75) is 32.2 Å². The second-order valence-electron chi connectivity index (χ2n) is 4.53. The van der Waals surface area contributed by atoms with E-state index >= 15 is 0 Å². The zero-order valence-corrected chi connectivity index (χ0v) is 10.4. The Bertz CT molecular complexity index is 285. The van der Waals surface area contributed by atoms with Crippen molar-refractivity contribution < 1.29 is 14.6 Å². The Kier molecular flexibility index (Phi) is 6.03. The summed E-state index contributed by atoms with van der Waals surface area (Å²) in [5, 5.41) is 9.14. The highest BCUT2D eigenvalue weighted by Crippen LogP contribution is 2.22. The van der Waals surface area contributed by atoms with E-state index < -0.39 is 0 Å². The first kappa shape index (κ1) is 14.0. The van der Waals surface area contributed by atoms with Gasteiger partial charge in [0, 0.05) is 19.2 Å². The van der Waals surface area contributed by atoms with Gasteiger partial charge in [-0.1, -0.05) is 5.92 Å². The van der Waals surface area contributed by atoms with Gasteiger partial charge < -0.3 is 14.7 Å². The maximum Gasteiger partial charge on any atom is 0.225 e. The van der Waals surface area contributed by atoms with Crippen LogP contribution in [0.15, 0.2) is 0 Å². The Morgan fingerprint density at radius 1 is 1.59 bits per heavy atom. The number of amides is 1. The summed E-state index contributed by atoms with van der Waals surface area (Å²) in [4.78, 5) is 13.8. The Labute approximate surface area is 103 Å². The van der Waals surface area contributed by atoms with E-state index in [0.29, 0.717) is 19.6 Å². The van der Waals surface area contributed by atoms with Crippen molar-refractivity contribution in [3.63, 3.8) is 0 Å². The summed E-state index contributed by atoms with van der Waals surface area (Å²) >= 11 is 0. The number of piperidine rings is 1. The highest BCUT2D eigenvalue weighted by Gasteiger charge is 2.28. The van der Waals surface area contributed by atoms with Crippen LogP contribution in [0.3, 0.4) is 0 Å². The summed E-state index contributed by atoms with van der Waals surface area (Å²) in [5.74, 6) is 2.68. The number of carbonyl (C=O) groups excluding carboxylic acids is 1. The first-order valence-electron chi connectivity index (χ1n) is 6.10. The number of hydrogen-bond acceptors (Lipinski definition) is 3. The Balaban J connectivity index is 2.35. The Morgan fingerprint density at radius 2 is 2.35 bits per heavy atom. The van der Waals surface area contributed by atoms with Crippen molar-refractivity contribution in [3.05, 3.63) is 0 Å². The van der Waals surface area contributed by atoms with Crippen LogP contribution in [0.5, 0.6) is 0 Å².